The fourth-order valence-corrected chi connectivity index (χ4v) is 2.30. The first-order valence-corrected chi connectivity index (χ1v) is 7.59. The Bertz CT molecular complexity index is 372. The highest BCUT2D eigenvalue weighted by atomic mass is 15.1. The molecule has 2 nitrogen and oxygen atoms in total. The molecule has 2 heteroatoms. The Morgan fingerprint density at radius 2 is 1.89 bits per heavy atom. The Kier molecular flexibility index (Phi) is 6.75. The van der Waals surface area contributed by atoms with Crippen molar-refractivity contribution in [2.24, 2.45) is 0 Å². The standard InChI is InChI=1S/C17H30N2/c1-6-7-8-9-10-15(3)18-17-12-11-16(19(4)5)13-14(17)2/h11-13,15,18H,6-10H2,1-5H3. The molecule has 1 atom stereocenters. The van der Waals surface area contributed by atoms with Crippen molar-refractivity contribution in [1.82, 2.24) is 0 Å². The third-order valence-electron chi connectivity index (χ3n) is 3.62. The monoisotopic (exact) mass is 262 g/mol. The number of anilines is 2. The minimum Gasteiger partial charge on any atom is -0.382 e. The van der Waals surface area contributed by atoms with Gasteiger partial charge in [-0.05, 0) is 44.0 Å². The lowest BCUT2D eigenvalue weighted by Gasteiger charge is -2.19. The largest absolute Gasteiger partial charge is 0.382 e. The molecule has 0 radical (unpaired) electrons. The van der Waals surface area contributed by atoms with Gasteiger partial charge in [0.15, 0.2) is 0 Å². The average molecular weight is 262 g/mol. The van der Waals surface area contributed by atoms with Crippen molar-refractivity contribution in [3.8, 4) is 0 Å². The molecular formula is C17H30N2. The van der Waals surface area contributed by atoms with E-state index in [-0.39, 0.29) is 0 Å². The van der Waals surface area contributed by atoms with E-state index in [4.69, 9.17) is 0 Å². The Morgan fingerprint density at radius 3 is 2.47 bits per heavy atom. The lowest BCUT2D eigenvalue weighted by atomic mass is 10.1. The van der Waals surface area contributed by atoms with E-state index in [0.717, 1.165) is 0 Å². The van der Waals surface area contributed by atoms with Gasteiger partial charge < -0.3 is 10.2 Å². The SMILES string of the molecule is CCCCCCC(C)Nc1ccc(N(C)C)cc1C. The summed E-state index contributed by atoms with van der Waals surface area (Å²) in [5, 5.41) is 3.63. The Labute approximate surface area is 119 Å². The zero-order valence-electron chi connectivity index (χ0n) is 13.3. The summed E-state index contributed by atoms with van der Waals surface area (Å²) in [6, 6.07) is 7.18. The summed E-state index contributed by atoms with van der Waals surface area (Å²) in [4.78, 5) is 2.14. The molecule has 0 amide bonds. The lowest BCUT2D eigenvalue weighted by molar-refractivity contribution is 0.594. The van der Waals surface area contributed by atoms with Crippen LogP contribution in [0.5, 0.6) is 0 Å². The number of unbranched alkanes of at least 4 members (excludes halogenated alkanes) is 3. The number of hydrogen-bond donors (Lipinski definition) is 1. The van der Waals surface area contributed by atoms with Crippen LogP contribution in [0.1, 0.15) is 51.5 Å². The van der Waals surface area contributed by atoms with Gasteiger partial charge in [-0.1, -0.05) is 32.6 Å². The smallest absolute Gasteiger partial charge is 0.0373 e. The molecule has 0 spiro atoms. The second-order valence-corrected chi connectivity index (χ2v) is 5.79. The number of aryl methyl sites for hydroxylation is 1. The fraction of sp³-hybridized carbons (Fsp3) is 0.647. The van der Waals surface area contributed by atoms with Gasteiger partial charge in [-0.25, -0.2) is 0 Å². The Balaban J connectivity index is 2.48. The van der Waals surface area contributed by atoms with Crippen LogP contribution in [0.15, 0.2) is 18.2 Å². The Hall–Kier alpha value is -1.18. The number of nitrogens with zero attached hydrogens (tertiary/aromatic N) is 1. The second kappa shape index (κ2) is 8.08. The van der Waals surface area contributed by atoms with Crippen LogP contribution in [0.4, 0.5) is 11.4 Å². The molecule has 1 unspecified atom stereocenters. The molecule has 1 aromatic carbocycles. The van der Waals surface area contributed by atoms with E-state index in [0.29, 0.717) is 6.04 Å². The van der Waals surface area contributed by atoms with E-state index in [2.05, 4.69) is 63.3 Å². The molecule has 108 valence electrons. The molecule has 0 aliphatic carbocycles. The van der Waals surface area contributed by atoms with Crippen LogP contribution in [-0.4, -0.2) is 20.1 Å². The normalized spacial score (nSPS) is 12.3. The van der Waals surface area contributed by atoms with Crippen molar-refractivity contribution < 1.29 is 0 Å². The van der Waals surface area contributed by atoms with E-state index in [1.54, 1.807) is 0 Å². The zero-order valence-corrected chi connectivity index (χ0v) is 13.3. The predicted molar refractivity (Wildman–Crippen MR) is 87.3 cm³/mol. The summed E-state index contributed by atoms with van der Waals surface area (Å²) in [6.45, 7) is 6.72. The third kappa shape index (κ3) is 5.54. The molecule has 0 saturated heterocycles. The maximum absolute atomic E-state index is 3.63. The van der Waals surface area contributed by atoms with Crippen molar-refractivity contribution in [3.05, 3.63) is 23.8 Å². The van der Waals surface area contributed by atoms with E-state index in [9.17, 15) is 0 Å². The summed E-state index contributed by atoms with van der Waals surface area (Å²) >= 11 is 0. The summed E-state index contributed by atoms with van der Waals surface area (Å²) in [6.07, 6.45) is 6.63. The van der Waals surface area contributed by atoms with Crippen molar-refractivity contribution in [3.63, 3.8) is 0 Å². The highest BCUT2D eigenvalue weighted by Crippen LogP contribution is 2.22. The molecular weight excluding hydrogens is 232 g/mol. The molecule has 1 aromatic rings. The molecule has 0 aliphatic heterocycles. The van der Waals surface area contributed by atoms with E-state index in [1.165, 1.54) is 49.0 Å². The van der Waals surface area contributed by atoms with Gasteiger partial charge in [0.1, 0.15) is 0 Å². The molecule has 1 rings (SSSR count). The van der Waals surface area contributed by atoms with Gasteiger partial charge in [-0.2, -0.15) is 0 Å². The highest BCUT2D eigenvalue weighted by molar-refractivity contribution is 5.60. The first-order chi connectivity index (χ1) is 9.04. The fourth-order valence-electron chi connectivity index (χ4n) is 2.30. The summed E-state index contributed by atoms with van der Waals surface area (Å²) < 4.78 is 0. The van der Waals surface area contributed by atoms with E-state index in [1.807, 2.05) is 0 Å². The zero-order chi connectivity index (χ0) is 14.3. The first-order valence-electron chi connectivity index (χ1n) is 7.59. The van der Waals surface area contributed by atoms with Gasteiger partial charge >= 0.3 is 0 Å². The molecule has 0 saturated carbocycles. The first kappa shape index (κ1) is 15.9. The highest BCUT2D eigenvalue weighted by Gasteiger charge is 2.05. The van der Waals surface area contributed by atoms with Gasteiger partial charge in [-0.3, -0.25) is 0 Å². The second-order valence-electron chi connectivity index (χ2n) is 5.79. The minimum absolute atomic E-state index is 0.556. The number of hydrogen-bond acceptors (Lipinski definition) is 2. The van der Waals surface area contributed by atoms with Gasteiger partial charge in [0.25, 0.3) is 0 Å². The number of benzene rings is 1. The Morgan fingerprint density at radius 1 is 1.16 bits per heavy atom. The molecule has 0 fully saturated rings. The van der Waals surface area contributed by atoms with Gasteiger partial charge in [0, 0.05) is 31.5 Å². The summed E-state index contributed by atoms with van der Waals surface area (Å²) in [5.74, 6) is 0. The maximum Gasteiger partial charge on any atom is 0.0373 e. The maximum atomic E-state index is 3.63. The van der Waals surface area contributed by atoms with Gasteiger partial charge in [0.2, 0.25) is 0 Å². The molecule has 19 heavy (non-hydrogen) atoms. The molecule has 0 bridgehead atoms. The molecule has 1 N–H and O–H groups in total. The van der Waals surface area contributed by atoms with Gasteiger partial charge in [-0.15, -0.1) is 0 Å². The van der Waals surface area contributed by atoms with E-state index >= 15 is 0 Å². The summed E-state index contributed by atoms with van der Waals surface area (Å²) in [5.41, 5.74) is 3.86. The average Bonchev–Trinajstić information content (AvgIpc) is 2.37. The van der Waals surface area contributed by atoms with Crippen LogP contribution < -0.4 is 10.2 Å². The molecule has 0 heterocycles. The minimum atomic E-state index is 0.556. The van der Waals surface area contributed by atoms with Crippen LogP contribution >= 0.6 is 0 Å². The molecule has 0 aliphatic rings. The van der Waals surface area contributed by atoms with Crippen LogP contribution in [0.2, 0.25) is 0 Å². The number of nitrogens with one attached hydrogen (secondary N) is 1. The third-order valence-corrected chi connectivity index (χ3v) is 3.62. The van der Waals surface area contributed by atoms with Crippen molar-refractivity contribution in [1.29, 1.82) is 0 Å². The van der Waals surface area contributed by atoms with Crippen LogP contribution in [0, 0.1) is 6.92 Å². The topological polar surface area (TPSA) is 15.3 Å². The van der Waals surface area contributed by atoms with Crippen LogP contribution in [0.25, 0.3) is 0 Å². The van der Waals surface area contributed by atoms with Crippen molar-refractivity contribution >= 4 is 11.4 Å². The quantitative estimate of drug-likeness (QED) is 0.675. The van der Waals surface area contributed by atoms with E-state index < -0.39 is 0 Å². The van der Waals surface area contributed by atoms with Crippen molar-refractivity contribution in [2.45, 2.75) is 58.9 Å². The van der Waals surface area contributed by atoms with Crippen molar-refractivity contribution in [2.75, 3.05) is 24.3 Å². The van der Waals surface area contributed by atoms with Gasteiger partial charge in [0.05, 0.1) is 0 Å². The lowest BCUT2D eigenvalue weighted by Crippen LogP contribution is -2.16. The summed E-state index contributed by atoms with van der Waals surface area (Å²) in [7, 11) is 4.16. The number of rotatable bonds is 8. The predicted octanol–water partition coefficient (Wildman–Crippen LogP) is 4.83. The molecule has 0 aromatic heterocycles. The van der Waals surface area contributed by atoms with Crippen LogP contribution in [0.3, 0.4) is 0 Å². The van der Waals surface area contributed by atoms with Crippen LogP contribution in [-0.2, 0) is 0 Å².